The average Bonchev–Trinajstić information content (AvgIpc) is 2.88. The fourth-order valence-electron chi connectivity index (χ4n) is 6.13. The summed E-state index contributed by atoms with van der Waals surface area (Å²) >= 11 is 0. The number of carbonyl (C=O) groups is 1. The van der Waals surface area contributed by atoms with Crippen LogP contribution in [0, 0.1) is 5.92 Å². The number of hydrogen-bond donors (Lipinski definition) is 2. The van der Waals surface area contributed by atoms with Gasteiger partial charge in [-0.25, -0.2) is 0 Å². The third-order valence-electron chi connectivity index (χ3n) is 8.06. The minimum Gasteiger partial charge on any atom is -0.405 e. The van der Waals surface area contributed by atoms with Crippen molar-refractivity contribution in [3.63, 3.8) is 0 Å². The van der Waals surface area contributed by atoms with Crippen LogP contribution in [-0.4, -0.2) is 40.0 Å². The molecule has 0 saturated heterocycles. The van der Waals surface area contributed by atoms with E-state index in [0.717, 1.165) is 11.3 Å². The Hall–Kier alpha value is -2.93. The molecule has 6 heteroatoms. The molecule has 5 nitrogen and oxygen atoms in total. The van der Waals surface area contributed by atoms with Gasteiger partial charge in [0, 0.05) is 18.8 Å². The molecule has 0 spiro atoms. The third kappa shape index (κ3) is 5.83. The largest absolute Gasteiger partial charge is 0.405 e. The summed E-state index contributed by atoms with van der Waals surface area (Å²) in [5.41, 5.74) is 9.59. The molecule has 3 aromatic carbocycles. The maximum atomic E-state index is 13.7. The average molecular weight is 544 g/mol. The summed E-state index contributed by atoms with van der Waals surface area (Å²) < 4.78 is 7.24. The summed E-state index contributed by atoms with van der Waals surface area (Å²) in [5, 5.41) is 5.72. The Kier molecular flexibility index (Phi) is 8.69. The number of benzene rings is 3. The second-order valence-corrected chi connectivity index (χ2v) is 16.7. The van der Waals surface area contributed by atoms with Crippen molar-refractivity contribution in [3.05, 3.63) is 90.0 Å². The Morgan fingerprint density at radius 2 is 1.54 bits per heavy atom. The Balaban J connectivity index is 1.77. The van der Waals surface area contributed by atoms with Crippen LogP contribution < -0.4 is 26.3 Å². The summed E-state index contributed by atoms with van der Waals surface area (Å²) in [6.07, 6.45) is 0.688. The first-order valence-corrected chi connectivity index (χ1v) is 16.0. The number of fused-ring (bicyclic) bond motifs is 1. The first-order valence-electron chi connectivity index (χ1n) is 14.1. The van der Waals surface area contributed by atoms with Crippen molar-refractivity contribution in [2.45, 2.75) is 71.1 Å². The highest BCUT2D eigenvalue weighted by Gasteiger charge is 2.50. The lowest BCUT2D eigenvalue weighted by atomic mass is 9.93. The Bertz CT molecular complexity index is 1220. The van der Waals surface area contributed by atoms with Crippen LogP contribution in [-0.2, 0) is 15.6 Å². The van der Waals surface area contributed by atoms with Gasteiger partial charge in [0.2, 0.25) is 5.91 Å². The summed E-state index contributed by atoms with van der Waals surface area (Å²) in [7, 11) is -0.709. The highest BCUT2D eigenvalue weighted by atomic mass is 28.4. The van der Waals surface area contributed by atoms with Crippen molar-refractivity contribution in [1.82, 2.24) is 5.32 Å². The number of nitrogens with two attached hydrogens (primary N) is 1. The number of likely N-dealkylation sites (N-methyl/N-ethyl adjacent to an activating group) is 1. The summed E-state index contributed by atoms with van der Waals surface area (Å²) in [4.78, 5) is 15.8. The molecule has 4 rings (SSSR count). The van der Waals surface area contributed by atoms with Gasteiger partial charge < -0.3 is 20.4 Å². The molecular weight excluding hydrogens is 498 g/mol. The van der Waals surface area contributed by atoms with Gasteiger partial charge in [0.15, 0.2) is 0 Å². The van der Waals surface area contributed by atoms with Crippen molar-refractivity contribution < 1.29 is 9.22 Å². The van der Waals surface area contributed by atoms with Crippen molar-refractivity contribution in [3.8, 4) is 0 Å². The van der Waals surface area contributed by atoms with E-state index < -0.39 is 8.32 Å². The van der Waals surface area contributed by atoms with Crippen LogP contribution in [0.25, 0.3) is 0 Å². The molecule has 1 aliphatic heterocycles. The zero-order chi connectivity index (χ0) is 28.4. The number of carbonyl (C=O) groups excluding carboxylic acids is 1. The molecule has 1 aliphatic rings. The number of rotatable bonds is 7. The van der Waals surface area contributed by atoms with Crippen LogP contribution >= 0.6 is 0 Å². The van der Waals surface area contributed by atoms with Crippen LogP contribution in [0.15, 0.2) is 78.9 Å². The van der Waals surface area contributed by atoms with Gasteiger partial charge in [-0.05, 0) is 51.9 Å². The van der Waals surface area contributed by atoms with Crippen molar-refractivity contribution in [2.24, 2.45) is 11.7 Å². The number of anilines is 1. The minimum atomic E-state index is -2.73. The molecule has 39 heavy (non-hydrogen) atoms. The lowest BCUT2D eigenvalue weighted by Crippen LogP contribution is -2.67. The van der Waals surface area contributed by atoms with Crippen molar-refractivity contribution >= 4 is 30.3 Å². The van der Waals surface area contributed by atoms with Crippen molar-refractivity contribution in [1.29, 1.82) is 0 Å². The van der Waals surface area contributed by atoms with Gasteiger partial charge in [0.25, 0.3) is 8.32 Å². The van der Waals surface area contributed by atoms with Crippen LogP contribution in [0.5, 0.6) is 0 Å². The van der Waals surface area contributed by atoms with Gasteiger partial charge in [-0.1, -0.05) is 107 Å². The van der Waals surface area contributed by atoms with Gasteiger partial charge in [0.1, 0.15) is 6.04 Å². The van der Waals surface area contributed by atoms with E-state index in [1.54, 1.807) is 0 Å². The fourth-order valence-corrected chi connectivity index (χ4v) is 10.7. The van der Waals surface area contributed by atoms with Gasteiger partial charge in [-0.2, -0.15) is 0 Å². The highest BCUT2D eigenvalue weighted by Crippen LogP contribution is 2.37. The molecular formula is C33H45N3O2Si. The summed E-state index contributed by atoms with van der Waals surface area (Å²) in [5.74, 6) is 0.179. The second kappa shape index (κ2) is 11.7. The Morgan fingerprint density at radius 3 is 2.03 bits per heavy atom. The lowest BCUT2D eigenvalue weighted by Gasteiger charge is -2.44. The van der Waals surface area contributed by atoms with Gasteiger partial charge >= 0.3 is 0 Å². The third-order valence-corrected chi connectivity index (χ3v) is 13.1. The first-order chi connectivity index (χ1) is 18.5. The van der Waals surface area contributed by atoms with Crippen molar-refractivity contribution in [2.75, 3.05) is 18.6 Å². The van der Waals surface area contributed by atoms with E-state index in [4.69, 9.17) is 10.2 Å². The Morgan fingerprint density at radius 1 is 0.974 bits per heavy atom. The molecule has 0 bridgehead atoms. The number of nitrogens with zero attached hydrogens (tertiary/aromatic N) is 1. The van der Waals surface area contributed by atoms with E-state index in [1.165, 1.54) is 15.9 Å². The fraction of sp³-hybridized carbons (Fsp3) is 0.424. The second-order valence-electron chi connectivity index (χ2n) is 12.4. The molecule has 1 heterocycles. The molecule has 3 aromatic rings. The normalized spacial score (nSPS) is 19.2. The molecule has 0 aromatic heterocycles. The summed E-state index contributed by atoms with van der Waals surface area (Å²) in [6, 6.07) is 27.3. The number of amides is 1. The monoisotopic (exact) mass is 543 g/mol. The molecule has 3 N–H and O–H groups in total. The number of hydrogen-bond acceptors (Lipinski definition) is 4. The first kappa shape index (κ1) is 29.1. The molecule has 0 fully saturated rings. The van der Waals surface area contributed by atoms with Gasteiger partial charge in [-0.3, -0.25) is 4.79 Å². The minimum absolute atomic E-state index is 0.0420. The molecule has 3 atom stereocenters. The highest BCUT2D eigenvalue weighted by molar-refractivity contribution is 6.99. The van der Waals surface area contributed by atoms with E-state index in [1.807, 2.05) is 14.0 Å². The maximum Gasteiger partial charge on any atom is 0.261 e. The lowest BCUT2D eigenvalue weighted by molar-refractivity contribution is -0.124. The van der Waals surface area contributed by atoms with Crippen LogP contribution in [0.4, 0.5) is 5.69 Å². The molecule has 0 aliphatic carbocycles. The van der Waals surface area contributed by atoms with E-state index in [0.29, 0.717) is 13.0 Å². The van der Waals surface area contributed by atoms with E-state index in [9.17, 15) is 4.79 Å². The maximum absolute atomic E-state index is 13.7. The van der Waals surface area contributed by atoms with Gasteiger partial charge in [0.05, 0.1) is 12.6 Å². The van der Waals surface area contributed by atoms with E-state index in [-0.39, 0.29) is 35.0 Å². The predicted molar refractivity (Wildman–Crippen MR) is 165 cm³/mol. The van der Waals surface area contributed by atoms with Crippen LogP contribution in [0.2, 0.25) is 5.04 Å². The zero-order valence-electron chi connectivity index (χ0n) is 24.6. The summed E-state index contributed by atoms with van der Waals surface area (Å²) in [6.45, 7) is 13.5. The molecule has 0 radical (unpaired) electrons. The van der Waals surface area contributed by atoms with Crippen LogP contribution in [0.1, 0.15) is 58.7 Å². The number of nitrogens with one attached hydrogen (secondary N) is 1. The molecule has 1 amide bonds. The van der Waals surface area contributed by atoms with Crippen LogP contribution in [0.3, 0.4) is 0 Å². The topological polar surface area (TPSA) is 67.6 Å². The van der Waals surface area contributed by atoms with Gasteiger partial charge in [-0.15, -0.1) is 0 Å². The quantitative estimate of drug-likeness (QED) is 0.421. The molecule has 0 unspecified atom stereocenters. The molecule has 208 valence electrons. The smallest absolute Gasteiger partial charge is 0.261 e. The standard InChI is InChI=1S/C33H45N3O2Si/c1-23(2)31-32(37)35-27(20-26-19-18-25(24(3)34)21-30(26)36(31)7)22-38-39(33(4,5)6,28-14-10-8-11-15-28)29-16-12-9-13-17-29/h8-19,21,23-24,27,31H,20,22,34H2,1-7H3,(H,35,37)/t24-,27-,31-/m0/s1. The van der Waals surface area contributed by atoms with E-state index >= 15 is 0 Å². The zero-order valence-corrected chi connectivity index (χ0v) is 25.6. The SMILES string of the molecule is CC(C)[C@H]1C(=O)N[C@H](CO[Si](c2ccccc2)(c2ccccc2)C(C)(C)C)Cc2ccc([C@H](C)N)cc2N1C. The molecule has 0 saturated carbocycles. The van der Waals surface area contributed by atoms with E-state index in [2.05, 4.69) is 124 Å². The Labute approximate surface area is 235 Å². The predicted octanol–water partition coefficient (Wildman–Crippen LogP) is 4.78.